The van der Waals surface area contributed by atoms with Gasteiger partial charge in [-0.05, 0) is 24.3 Å². The lowest BCUT2D eigenvalue weighted by molar-refractivity contribution is 0.471. The molecule has 2 aromatic carbocycles. The molecule has 112 valence electrons. The van der Waals surface area contributed by atoms with E-state index in [1.54, 1.807) is 0 Å². The summed E-state index contributed by atoms with van der Waals surface area (Å²) in [7, 11) is -4.14. The summed E-state index contributed by atoms with van der Waals surface area (Å²) in [5, 5.41) is 9.36. The standard InChI is InChI=1S/C12H7BrCl2FNO3S/c13-6-3-8(14)12(9(15)4-6)21(19,20)17-10-2-1-7(16)5-11(10)18/h1-5,17-18H. The highest BCUT2D eigenvalue weighted by atomic mass is 79.9. The SMILES string of the molecule is O=S(=O)(Nc1ccc(F)cc1O)c1c(Cl)cc(Br)cc1Cl. The largest absolute Gasteiger partial charge is 0.506 e. The van der Waals surface area contributed by atoms with Crippen molar-refractivity contribution in [1.82, 2.24) is 0 Å². The van der Waals surface area contributed by atoms with Crippen molar-refractivity contribution in [2.45, 2.75) is 4.90 Å². The normalized spacial score (nSPS) is 11.4. The molecular formula is C12H7BrCl2FNO3S. The van der Waals surface area contributed by atoms with Gasteiger partial charge in [0.05, 0.1) is 15.7 Å². The van der Waals surface area contributed by atoms with Crippen LogP contribution in [0.2, 0.25) is 10.0 Å². The van der Waals surface area contributed by atoms with Crippen LogP contribution in [-0.4, -0.2) is 13.5 Å². The van der Waals surface area contributed by atoms with Gasteiger partial charge in [-0.15, -0.1) is 0 Å². The smallest absolute Gasteiger partial charge is 0.265 e. The fraction of sp³-hybridized carbons (Fsp3) is 0. The first-order chi connectivity index (χ1) is 9.70. The Hall–Kier alpha value is -1.02. The third-order valence-electron chi connectivity index (χ3n) is 2.44. The molecule has 4 nitrogen and oxygen atoms in total. The van der Waals surface area contributed by atoms with Crippen molar-refractivity contribution in [1.29, 1.82) is 0 Å². The maximum absolute atomic E-state index is 12.9. The Kier molecular flexibility index (Phi) is 4.67. The number of phenolic OH excluding ortho intramolecular Hbond substituents is 1. The predicted octanol–water partition coefficient (Wildman–Crippen LogP) is 4.40. The van der Waals surface area contributed by atoms with Crippen LogP contribution in [0.5, 0.6) is 5.75 Å². The molecule has 0 atom stereocenters. The van der Waals surface area contributed by atoms with Crippen LogP contribution in [0, 0.1) is 5.82 Å². The fourth-order valence-electron chi connectivity index (χ4n) is 1.57. The Morgan fingerprint density at radius 1 is 1.14 bits per heavy atom. The molecule has 0 aliphatic rings. The van der Waals surface area contributed by atoms with Gasteiger partial charge in [0.2, 0.25) is 0 Å². The van der Waals surface area contributed by atoms with E-state index in [0.29, 0.717) is 4.47 Å². The van der Waals surface area contributed by atoms with Crippen molar-refractivity contribution in [3.8, 4) is 5.75 Å². The third-order valence-corrected chi connectivity index (χ3v) is 5.18. The first-order valence-electron chi connectivity index (χ1n) is 5.36. The molecule has 0 saturated heterocycles. The quantitative estimate of drug-likeness (QED) is 0.731. The third kappa shape index (κ3) is 3.60. The zero-order valence-electron chi connectivity index (χ0n) is 10.1. The minimum Gasteiger partial charge on any atom is -0.506 e. The van der Waals surface area contributed by atoms with Crippen LogP contribution in [0.3, 0.4) is 0 Å². The number of hydrogen-bond acceptors (Lipinski definition) is 3. The minimum absolute atomic E-state index is 0.0940. The number of phenols is 1. The zero-order valence-corrected chi connectivity index (χ0v) is 14.0. The van der Waals surface area contributed by atoms with E-state index in [2.05, 4.69) is 20.7 Å². The Labute approximate surface area is 138 Å². The van der Waals surface area contributed by atoms with Crippen molar-refractivity contribution in [3.05, 3.63) is 50.7 Å². The Morgan fingerprint density at radius 3 is 2.24 bits per heavy atom. The molecule has 2 rings (SSSR count). The number of benzene rings is 2. The summed E-state index contributed by atoms with van der Waals surface area (Å²) >= 11 is 14.9. The van der Waals surface area contributed by atoms with Crippen molar-refractivity contribution in [2.75, 3.05) is 4.72 Å². The van der Waals surface area contributed by atoms with E-state index in [4.69, 9.17) is 23.2 Å². The Balaban J connectivity index is 2.48. The molecule has 0 unspecified atom stereocenters. The second kappa shape index (κ2) is 6.00. The molecule has 0 fully saturated rings. The van der Waals surface area contributed by atoms with E-state index in [-0.39, 0.29) is 20.6 Å². The molecule has 0 spiro atoms. The van der Waals surface area contributed by atoms with Crippen LogP contribution in [0.4, 0.5) is 10.1 Å². The molecule has 0 aliphatic heterocycles. The summed E-state index contributed by atoms with van der Waals surface area (Å²) in [6.07, 6.45) is 0. The molecule has 21 heavy (non-hydrogen) atoms. The van der Waals surface area contributed by atoms with E-state index in [0.717, 1.165) is 18.2 Å². The lowest BCUT2D eigenvalue weighted by Crippen LogP contribution is -2.14. The van der Waals surface area contributed by atoms with Crippen LogP contribution in [-0.2, 0) is 10.0 Å². The number of nitrogens with one attached hydrogen (secondary N) is 1. The van der Waals surface area contributed by atoms with Crippen molar-refractivity contribution >= 4 is 54.8 Å². The fourth-order valence-corrected chi connectivity index (χ4v) is 4.59. The molecular weight excluding hydrogens is 408 g/mol. The van der Waals surface area contributed by atoms with Gasteiger partial charge in [-0.3, -0.25) is 4.72 Å². The second-order valence-electron chi connectivity index (χ2n) is 3.97. The monoisotopic (exact) mass is 413 g/mol. The highest BCUT2D eigenvalue weighted by molar-refractivity contribution is 9.10. The van der Waals surface area contributed by atoms with E-state index in [9.17, 15) is 17.9 Å². The van der Waals surface area contributed by atoms with Crippen LogP contribution in [0.25, 0.3) is 0 Å². The number of hydrogen-bond donors (Lipinski definition) is 2. The van der Waals surface area contributed by atoms with E-state index in [1.165, 1.54) is 12.1 Å². The van der Waals surface area contributed by atoms with Crippen LogP contribution >= 0.6 is 39.1 Å². The summed E-state index contributed by atoms with van der Waals surface area (Å²) in [4.78, 5) is -0.335. The number of anilines is 1. The van der Waals surface area contributed by atoms with Crippen molar-refractivity contribution < 1.29 is 17.9 Å². The first-order valence-corrected chi connectivity index (χ1v) is 8.40. The highest BCUT2D eigenvalue weighted by Crippen LogP contribution is 2.35. The van der Waals surface area contributed by atoms with E-state index in [1.807, 2.05) is 0 Å². The lowest BCUT2D eigenvalue weighted by Gasteiger charge is -2.12. The number of sulfonamides is 1. The van der Waals surface area contributed by atoms with E-state index < -0.39 is 21.6 Å². The van der Waals surface area contributed by atoms with Crippen molar-refractivity contribution in [2.24, 2.45) is 0 Å². The molecule has 0 saturated carbocycles. The molecule has 0 radical (unpaired) electrons. The molecule has 0 heterocycles. The topological polar surface area (TPSA) is 66.4 Å². The second-order valence-corrected chi connectivity index (χ2v) is 7.31. The van der Waals surface area contributed by atoms with Gasteiger partial charge in [-0.25, -0.2) is 12.8 Å². The molecule has 0 bridgehead atoms. The summed E-state index contributed by atoms with van der Waals surface area (Å²) in [5.41, 5.74) is -0.188. The molecule has 0 aromatic heterocycles. The zero-order chi connectivity index (χ0) is 15.8. The lowest BCUT2D eigenvalue weighted by atomic mass is 10.3. The first kappa shape index (κ1) is 16.4. The van der Waals surface area contributed by atoms with Crippen molar-refractivity contribution in [3.63, 3.8) is 0 Å². The number of rotatable bonds is 3. The molecule has 0 aliphatic carbocycles. The van der Waals surface area contributed by atoms with E-state index >= 15 is 0 Å². The summed E-state index contributed by atoms with van der Waals surface area (Å²) < 4.78 is 40.1. The van der Waals surface area contributed by atoms with Crippen LogP contribution in [0.1, 0.15) is 0 Å². The predicted molar refractivity (Wildman–Crippen MR) is 83.0 cm³/mol. The van der Waals surface area contributed by atoms with Gasteiger partial charge < -0.3 is 5.11 Å². The number of halogens is 4. The average molecular weight is 415 g/mol. The Morgan fingerprint density at radius 2 is 1.71 bits per heavy atom. The maximum Gasteiger partial charge on any atom is 0.265 e. The molecule has 2 aromatic rings. The molecule has 2 N–H and O–H groups in total. The molecule has 0 amide bonds. The van der Waals surface area contributed by atoms with Gasteiger partial charge in [0.1, 0.15) is 16.5 Å². The summed E-state index contributed by atoms with van der Waals surface area (Å²) in [6, 6.07) is 5.60. The van der Waals surface area contributed by atoms with Gasteiger partial charge >= 0.3 is 0 Å². The highest BCUT2D eigenvalue weighted by Gasteiger charge is 2.23. The summed E-state index contributed by atoms with van der Waals surface area (Å²) in [6.45, 7) is 0. The maximum atomic E-state index is 12.9. The average Bonchev–Trinajstić information content (AvgIpc) is 2.30. The van der Waals surface area contributed by atoms with Crippen LogP contribution < -0.4 is 4.72 Å². The van der Waals surface area contributed by atoms with Crippen LogP contribution in [0.15, 0.2) is 39.7 Å². The van der Waals surface area contributed by atoms with Gasteiger partial charge in [-0.1, -0.05) is 39.1 Å². The van der Waals surface area contributed by atoms with Gasteiger partial charge in [-0.2, -0.15) is 0 Å². The Bertz CT molecular complexity index is 791. The van der Waals surface area contributed by atoms with Gasteiger partial charge in [0.15, 0.2) is 0 Å². The van der Waals surface area contributed by atoms with Gasteiger partial charge in [0.25, 0.3) is 10.0 Å². The number of aromatic hydroxyl groups is 1. The van der Waals surface area contributed by atoms with Gasteiger partial charge in [0, 0.05) is 10.5 Å². The minimum atomic E-state index is -4.14. The molecule has 9 heteroatoms. The summed E-state index contributed by atoms with van der Waals surface area (Å²) in [5.74, 6) is -1.25.